The lowest BCUT2D eigenvalue weighted by Gasteiger charge is -2.30. The highest BCUT2D eigenvalue weighted by Crippen LogP contribution is 2.33. The third kappa shape index (κ3) is 2.45. The topological polar surface area (TPSA) is 59.0 Å². The van der Waals surface area contributed by atoms with E-state index in [-0.39, 0.29) is 12.0 Å². The van der Waals surface area contributed by atoms with Crippen molar-refractivity contribution in [2.75, 3.05) is 26.3 Å². The Bertz CT molecular complexity index is 521. The van der Waals surface area contributed by atoms with Gasteiger partial charge in [-0.15, -0.1) is 0 Å². The monoisotopic (exact) mass is 277 g/mol. The number of carbonyl (C=O) groups is 1. The van der Waals surface area contributed by atoms with Crippen LogP contribution < -0.4 is 9.47 Å². The highest BCUT2D eigenvalue weighted by molar-refractivity contribution is 5.96. The highest BCUT2D eigenvalue weighted by atomic mass is 16.6. The number of hydrogen-bond donors (Lipinski definition) is 1. The molecule has 2 heterocycles. The quantitative estimate of drug-likeness (QED) is 0.842. The standard InChI is InChI=1S/C15H19NO4/c1-10-8-13-14(20-7-6-19-13)9-12(10)15(18)16-4-2-11(17)3-5-16/h8-9,11,17H,2-7H2,1H3. The third-order valence-electron chi connectivity index (χ3n) is 3.87. The number of amides is 1. The van der Waals surface area contributed by atoms with Crippen molar-refractivity contribution in [1.82, 2.24) is 4.90 Å². The summed E-state index contributed by atoms with van der Waals surface area (Å²) in [5.74, 6) is 1.35. The Balaban J connectivity index is 1.84. The molecular weight excluding hydrogens is 258 g/mol. The van der Waals surface area contributed by atoms with Gasteiger partial charge in [0.1, 0.15) is 13.2 Å². The second-order valence-electron chi connectivity index (χ2n) is 5.33. The first-order valence-corrected chi connectivity index (χ1v) is 7.03. The number of piperidine rings is 1. The van der Waals surface area contributed by atoms with Crippen molar-refractivity contribution >= 4 is 5.91 Å². The van der Waals surface area contributed by atoms with E-state index in [0.717, 1.165) is 5.56 Å². The van der Waals surface area contributed by atoms with Crippen LogP contribution in [-0.2, 0) is 0 Å². The molecule has 1 N–H and O–H groups in total. The summed E-state index contributed by atoms with van der Waals surface area (Å²) in [5.41, 5.74) is 1.55. The molecule has 0 atom stereocenters. The van der Waals surface area contributed by atoms with Gasteiger partial charge < -0.3 is 19.5 Å². The molecule has 5 nitrogen and oxygen atoms in total. The number of fused-ring (bicyclic) bond motifs is 1. The number of aliphatic hydroxyl groups excluding tert-OH is 1. The van der Waals surface area contributed by atoms with Gasteiger partial charge >= 0.3 is 0 Å². The number of likely N-dealkylation sites (tertiary alicyclic amines) is 1. The molecule has 5 heteroatoms. The SMILES string of the molecule is Cc1cc2c(cc1C(=O)N1CCC(O)CC1)OCCO2. The van der Waals surface area contributed by atoms with Crippen molar-refractivity contribution in [1.29, 1.82) is 0 Å². The zero-order chi connectivity index (χ0) is 14.1. The molecule has 0 spiro atoms. The Hall–Kier alpha value is -1.75. The fourth-order valence-corrected chi connectivity index (χ4v) is 2.66. The van der Waals surface area contributed by atoms with Crippen molar-refractivity contribution < 1.29 is 19.4 Å². The number of nitrogens with zero attached hydrogens (tertiary/aromatic N) is 1. The highest BCUT2D eigenvalue weighted by Gasteiger charge is 2.25. The van der Waals surface area contributed by atoms with Crippen LogP contribution in [-0.4, -0.2) is 48.3 Å². The molecular formula is C15H19NO4. The summed E-state index contributed by atoms with van der Waals surface area (Å²) in [5, 5.41) is 9.52. The number of carbonyl (C=O) groups excluding carboxylic acids is 1. The molecule has 20 heavy (non-hydrogen) atoms. The Morgan fingerprint density at radius 3 is 2.45 bits per heavy atom. The smallest absolute Gasteiger partial charge is 0.254 e. The minimum Gasteiger partial charge on any atom is -0.486 e. The van der Waals surface area contributed by atoms with E-state index in [1.165, 1.54) is 0 Å². The minimum atomic E-state index is -0.277. The van der Waals surface area contributed by atoms with Crippen LogP contribution in [0.4, 0.5) is 0 Å². The first-order valence-electron chi connectivity index (χ1n) is 7.03. The van der Waals surface area contributed by atoms with Gasteiger partial charge in [0.2, 0.25) is 0 Å². The van der Waals surface area contributed by atoms with Gasteiger partial charge in [-0.05, 0) is 37.5 Å². The van der Waals surface area contributed by atoms with Crippen LogP contribution in [0, 0.1) is 6.92 Å². The molecule has 1 fully saturated rings. The molecule has 0 radical (unpaired) electrons. The second kappa shape index (κ2) is 5.32. The molecule has 0 bridgehead atoms. The first kappa shape index (κ1) is 13.2. The molecule has 1 aromatic carbocycles. The van der Waals surface area contributed by atoms with E-state index in [4.69, 9.17) is 9.47 Å². The molecule has 108 valence electrons. The Morgan fingerprint density at radius 2 is 1.80 bits per heavy atom. The summed E-state index contributed by atoms with van der Waals surface area (Å²) < 4.78 is 11.1. The number of rotatable bonds is 1. The normalized spacial score (nSPS) is 19.0. The lowest BCUT2D eigenvalue weighted by atomic mass is 10.0. The van der Waals surface area contributed by atoms with E-state index in [2.05, 4.69) is 0 Å². The Kier molecular flexibility index (Phi) is 3.53. The molecule has 0 aliphatic carbocycles. The van der Waals surface area contributed by atoms with Crippen molar-refractivity contribution in [3.63, 3.8) is 0 Å². The summed E-state index contributed by atoms with van der Waals surface area (Å²) in [6.07, 6.45) is 1.02. The van der Waals surface area contributed by atoms with E-state index >= 15 is 0 Å². The van der Waals surface area contributed by atoms with Crippen LogP contribution in [0.2, 0.25) is 0 Å². The van der Waals surface area contributed by atoms with Crippen molar-refractivity contribution in [2.45, 2.75) is 25.9 Å². The van der Waals surface area contributed by atoms with Crippen LogP contribution in [0.25, 0.3) is 0 Å². The average Bonchev–Trinajstić information content (AvgIpc) is 2.46. The average molecular weight is 277 g/mol. The van der Waals surface area contributed by atoms with Crippen LogP contribution in [0.1, 0.15) is 28.8 Å². The second-order valence-corrected chi connectivity index (χ2v) is 5.33. The van der Waals surface area contributed by atoms with Crippen molar-refractivity contribution in [3.05, 3.63) is 23.3 Å². The van der Waals surface area contributed by atoms with Gasteiger partial charge in [0.05, 0.1) is 6.10 Å². The molecule has 1 amide bonds. The maximum atomic E-state index is 12.6. The van der Waals surface area contributed by atoms with E-state index < -0.39 is 0 Å². The largest absolute Gasteiger partial charge is 0.486 e. The number of benzene rings is 1. The zero-order valence-electron chi connectivity index (χ0n) is 11.6. The first-order chi connectivity index (χ1) is 9.65. The zero-order valence-corrected chi connectivity index (χ0v) is 11.6. The van der Waals surface area contributed by atoms with Crippen LogP contribution in [0.5, 0.6) is 11.5 Å². The van der Waals surface area contributed by atoms with E-state index in [9.17, 15) is 9.90 Å². The van der Waals surface area contributed by atoms with Crippen LogP contribution in [0.15, 0.2) is 12.1 Å². The Morgan fingerprint density at radius 1 is 1.20 bits per heavy atom. The number of aryl methyl sites for hydroxylation is 1. The molecule has 1 saturated heterocycles. The van der Waals surface area contributed by atoms with Crippen molar-refractivity contribution in [2.24, 2.45) is 0 Å². The lowest BCUT2D eigenvalue weighted by Crippen LogP contribution is -2.40. The van der Waals surface area contributed by atoms with Crippen molar-refractivity contribution in [3.8, 4) is 11.5 Å². The molecule has 2 aliphatic heterocycles. The van der Waals surface area contributed by atoms with Gasteiger partial charge in [-0.2, -0.15) is 0 Å². The van der Waals surface area contributed by atoms with Gasteiger partial charge in [0, 0.05) is 18.7 Å². The summed E-state index contributed by atoms with van der Waals surface area (Å²) in [4.78, 5) is 14.4. The summed E-state index contributed by atoms with van der Waals surface area (Å²) in [6, 6.07) is 3.64. The summed E-state index contributed by atoms with van der Waals surface area (Å²) in [7, 11) is 0. The van der Waals surface area contributed by atoms with Gasteiger partial charge in [0.25, 0.3) is 5.91 Å². The summed E-state index contributed by atoms with van der Waals surface area (Å²) >= 11 is 0. The summed E-state index contributed by atoms with van der Waals surface area (Å²) in [6.45, 7) is 4.18. The molecule has 0 unspecified atom stereocenters. The maximum absolute atomic E-state index is 12.6. The van der Waals surface area contributed by atoms with Crippen LogP contribution >= 0.6 is 0 Å². The van der Waals surface area contributed by atoms with E-state index in [1.54, 1.807) is 11.0 Å². The molecule has 1 aromatic rings. The van der Waals surface area contributed by atoms with Gasteiger partial charge in [-0.3, -0.25) is 4.79 Å². The fourth-order valence-electron chi connectivity index (χ4n) is 2.66. The molecule has 2 aliphatic rings. The van der Waals surface area contributed by atoms with Gasteiger partial charge in [-0.25, -0.2) is 0 Å². The maximum Gasteiger partial charge on any atom is 0.254 e. The molecule has 0 saturated carbocycles. The van der Waals surface area contributed by atoms with Gasteiger partial charge in [-0.1, -0.05) is 0 Å². The number of ether oxygens (including phenoxy) is 2. The predicted molar refractivity (Wildman–Crippen MR) is 73.3 cm³/mol. The molecule has 3 rings (SSSR count). The fraction of sp³-hybridized carbons (Fsp3) is 0.533. The third-order valence-corrected chi connectivity index (χ3v) is 3.87. The number of hydrogen-bond acceptors (Lipinski definition) is 4. The van der Waals surface area contributed by atoms with E-state index in [1.807, 2.05) is 13.0 Å². The van der Waals surface area contributed by atoms with Gasteiger partial charge in [0.15, 0.2) is 11.5 Å². The van der Waals surface area contributed by atoms with Crippen LogP contribution in [0.3, 0.4) is 0 Å². The molecule has 0 aromatic heterocycles. The Labute approximate surface area is 118 Å². The predicted octanol–water partition coefficient (Wildman–Crippen LogP) is 1.36. The lowest BCUT2D eigenvalue weighted by molar-refractivity contribution is 0.0545. The number of aliphatic hydroxyl groups is 1. The van der Waals surface area contributed by atoms with E-state index in [0.29, 0.717) is 56.2 Å². The minimum absolute atomic E-state index is 0.00590.